The van der Waals surface area contributed by atoms with Crippen LogP contribution >= 0.6 is 0 Å². The molecule has 0 spiro atoms. The van der Waals surface area contributed by atoms with Gasteiger partial charge in [0, 0.05) is 6.07 Å². The number of hydrogen-bond acceptors (Lipinski definition) is 8. The van der Waals surface area contributed by atoms with Crippen molar-refractivity contribution in [3.8, 4) is 11.5 Å². The lowest BCUT2D eigenvalue weighted by Gasteiger charge is -2.39. The quantitative estimate of drug-likeness (QED) is 0.364. The highest BCUT2D eigenvalue weighted by Crippen LogP contribution is 2.34. The third-order valence-electron chi connectivity index (χ3n) is 5.14. The first-order chi connectivity index (χ1) is 13.2. The van der Waals surface area contributed by atoms with Crippen molar-refractivity contribution in [3.63, 3.8) is 0 Å². The molecular formula is C19H28O9. The van der Waals surface area contributed by atoms with Crippen molar-refractivity contribution < 1.29 is 44.9 Å². The topological polar surface area (TPSA) is 157 Å². The van der Waals surface area contributed by atoms with Crippen LogP contribution in [0.5, 0.6) is 11.5 Å². The van der Waals surface area contributed by atoms with Gasteiger partial charge < -0.3 is 40.1 Å². The molecule has 2 rings (SSSR count). The Morgan fingerprint density at radius 1 is 1.25 bits per heavy atom. The minimum atomic E-state index is -1.78. The maximum absolute atomic E-state index is 11.9. The summed E-state index contributed by atoms with van der Waals surface area (Å²) in [6, 6.07) is 2.45. The summed E-state index contributed by atoms with van der Waals surface area (Å²) in [5.41, 5.74) is 0.205. The number of rotatable bonds is 8. The van der Waals surface area contributed by atoms with Crippen molar-refractivity contribution in [2.24, 2.45) is 11.8 Å². The number of benzene rings is 1. The van der Waals surface area contributed by atoms with Crippen LogP contribution < -0.4 is 4.74 Å². The molecule has 1 saturated heterocycles. The van der Waals surface area contributed by atoms with Gasteiger partial charge in [0.25, 0.3) is 0 Å². The van der Waals surface area contributed by atoms with Crippen LogP contribution in [0.15, 0.2) is 12.1 Å². The van der Waals surface area contributed by atoms with Gasteiger partial charge in [-0.3, -0.25) is 0 Å². The summed E-state index contributed by atoms with van der Waals surface area (Å²) in [6.07, 6.45) is -4.36. The molecule has 1 aliphatic rings. The lowest BCUT2D eigenvalue weighted by molar-refractivity contribution is -0.312. The third kappa shape index (κ3) is 4.92. The molecule has 28 heavy (non-hydrogen) atoms. The van der Waals surface area contributed by atoms with E-state index in [0.29, 0.717) is 24.3 Å². The van der Waals surface area contributed by atoms with E-state index < -0.39 is 43.3 Å². The van der Waals surface area contributed by atoms with Crippen molar-refractivity contribution in [1.82, 2.24) is 0 Å². The van der Waals surface area contributed by atoms with E-state index in [1.807, 2.05) is 13.8 Å². The average Bonchev–Trinajstić information content (AvgIpc) is 2.63. The summed E-state index contributed by atoms with van der Waals surface area (Å²) in [5, 5.41) is 58.6. The monoisotopic (exact) mass is 400 g/mol. The molecule has 9 nitrogen and oxygen atoms in total. The lowest BCUT2D eigenvalue weighted by Crippen LogP contribution is -2.57. The highest BCUT2D eigenvalue weighted by molar-refractivity contribution is 5.93. The minimum Gasteiger partial charge on any atom is -0.508 e. The number of phenols is 1. The van der Waals surface area contributed by atoms with Gasteiger partial charge in [-0.2, -0.15) is 0 Å². The first-order valence-electron chi connectivity index (χ1n) is 9.25. The molecule has 1 fully saturated rings. The second-order valence-electron chi connectivity index (χ2n) is 7.18. The van der Waals surface area contributed by atoms with Gasteiger partial charge in [0.05, 0.1) is 18.6 Å². The summed E-state index contributed by atoms with van der Waals surface area (Å²) >= 11 is 0. The highest BCUT2D eigenvalue weighted by Gasteiger charge is 2.45. The number of carboxylic acids is 1. The van der Waals surface area contributed by atoms with Crippen molar-refractivity contribution >= 4 is 5.97 Å². The molecule has 158 valence electrons. The van der Waals surface area contributed by atoms with E-state index in [-0.39, 0.29) is 17.1 Å². The number of hydrogen-bond donors (Lipinski definition) is 6. The van der Waals surface area contributed by atoms with Crippen molar-refractivity contribution in [2.45, 2.75) is 57.9 Å². The van der Waals surface area contributed by atoms with E-state index in [1.165, 1.54) is 6.07 Å². The standard InChI is InChI=1S/C19H28O9/c1-3-9(2)4-5-10-6-11(21)7-13(14(10)17(24)25)27-19-12(8-20)15(22)16(23)18(26)28-19/h6-7,9,12,15-16,18-23,26H,3-5,8H2,1-2H3,(H,24,25)/t9?,12-,15-,16+,18+,19?/m1/s1. The van der Waals surface area contributed by atoms with Crippen LogP contribution in [0.1, 0.15) is 42.6 Å². The largest absolute Gasteiger partial charge is 0.508 e. The Balaban J connectivity index is 2.35. The third-order valence-corrected chi connectivity index (χ3v) is 5.14. The van der Waals surface area contributed by atoms with Gasteiger partial charge in [-0.1, -0.05) is 20.3 Å². The van der Waals surface area contributed by atoms with Gasteiger partial charge in [0.1, 0.15) is 23.2 Å². The van der Waals surface area contributed by atoms with E-state index in [4.69, 9.17) is 9.47 Å². The number of aryl methyl sites for hydroxylation is 1. The van der Waals surface area contributed by atoms with Gasteiger partial charge in [-0.25, -0.2) is 4.79 Å². The van der Waals surface area contributed by atoms with Gasteiger partial charge in [-0.15, -0.1) is 0 Å². The summed E-state index contributed by atoms with van der Waals surface area (Å²) in [7, 11) is 0. The average molecular weight is 400 g/mol. The van der Waals surface area contributed by atoms with Crippen LogP contribution in [0, 0.1) is 11.8 Å². The maximum Gasteiger partial charge on any atom is 0.339 e. The molecule has 0 amide bonds. The number of phenolic OH excluding ortho intramolecular Hbond substituents is 1. The molecule has 6 N–H and O–H groups in total. The Bertz CT molecular complexity index is 678. The van der Waals surface area contributed by atoms with Crippen molar-refractivity contribution in [2.75, 3.05) is 6.61 Å². The van der Waals surface area contributed by atoms with Crippen LogP contribution in [-0.2, 0) is 11.2 Å². The second-order valence-corrected chi connectivity index (χ2v) is 7.18. The molecule has 0 aliphatic carbocycles. The van der Waals surface area contributed by atoms with Gasteiger partial charge in [0.15, 0.2) is 6.29 Å². The molecule has 6 atom stereocenters. The van der Waals surface area contributed by atoms with Crippen LogP contribution in [0.2, 0.25) is 0 Å². The number of aliphatic hydroxyl groups is 4. The lowest BCUT2D eigenvalue weighted by atomic mass is 9.94. The van der Waals surface area contributed by atoms with Gasteiger partial charge in [0.2, 0.25) is 6.29 Å². The molecule has 2 unspecified atom stereocenters. The number of aromatic hydroxyl groups is 1. The number of aliphatic hydroxyl groups excluding tert-OH is 4. The van der Waals surface area contributed by atoms with Crippen LogP contribution in [0.4, 0.5) is 0 Å². The van der Waals surface area contributed by atoms with E-state index >= 15 is 0 Å². The summed E-state index contributed by atoms with van der Waals surface area (Å²) in [5.74, 6) is -2.47. The van der Waals surface area contributed by atoms with Crippen LogP contribution in [0.25, 0.3) is 0 Å². The fourth-order valence-corrected chi connectivity index (χ4v) is 3.13. The zero-order chi connectivity index (χ0) is 21.0. The maximum atomic E-state index is 11.9. The van der Waals surface area contributed by atoms with E-state index in [2.05, 4.69) is 0 Å². The number of carbonyl (C=O) groups is 1. The van der Waals surface area contributed by atoms with E-state index in [1.54, 1.807) is 0 Å². The van der Waals surface area contributed by atoms with Crippen molar-refractivity contribution in [1.29, 1.82) is 0 Å². The summed E-state index contributed by atoms with van der Waals surface area (Å²) in [6.45, 7) is 3.43. The van der Waals surface area contributed by atoms with Crippen LogP contribution in [-0.4, -0.2) is 68.0 Å². The molecule has 0 radical (unpaired) electrons. The Hall–Kier alpha value is -1.91. The first kappa shape index (κ1) is 22.4. The zero-order valence-corrected chi connectivity index (χ0v) is 15.9. The molecule has 9 heteroatoms. The normalized spacial score (nSPS) is 28.7. The van der Waals surface area contributed by atoms with Gasteiger partial charge >= 0.3 is 5.97 Å². The molecule has 0 saturated carbocycles. The molecule has 1 aromatic carbocycles. The summed E-state index contributed by atoms with van der Waals surface area (Å²) in [4.78, 5) is 11.9. The highest BCUT2D eigenvalue weighted by atomic mass is 16.7. The Kier molecular flexibility index (Phi) is 7.62. The number of ether oxygens (including phenoxy) is 2. The Morgan fingerprint density at radius 3 is 2.50 bits per heavy atom. The number of carboxylic acid groups (broad SMARTS) is 1. The molecule has 0 bridgehead atoms. The SMILES string of the molecule is CCC(C)CCc1cc(O)cc(OC2O[C@H](O)[C@@H](O)[C@H](O)[C@H]2CO)c1C(=O)O. The summed E-state index contributed by atoms with van der Waals surface area (Å²) < 4.78 is 10.6. The molecule has 1 aromatic rings. The van der Waals surface area contributed by atoms with E-state index in [0.717, 1.165) is 12.5 Å². The molecule has 0 aromatic heterocycles. The smallest absolute Gasteiger partial charge is 0.339 e. The molecule has 1 heterocycles. The van der Waals surface area contributed by atoms with Crippen molar-refractivity contribution in [3.05, 3.63) is 23.3 Å². The van der Waals surface area contributed by atoms with Crippen LogP contribution in [0.3, 0.4) is 0 Å². The Morgan fingerprint density at radius 2 is 1.93 bits per heavy atom. The molecular weight excluding hydrogens is 372 g/mol. The number of aromatic carboxylic acids is 1. The fourth-order valence-electron chi connectivity index (χ4n) is 3.13. The fraction of sp³-hybridized carbons (Fsp3) is 0.632. The molecule has 1 aliphatic heterocycles. The van der Waals surface area contributed by atoms with Gasteiger partial charge in [-0.05, 0) is 30.4 Å². The van der Waals surface area contributed by atoms with E-state index in [9.17, 15) is 35.4 Å². The Labute approximate surface area is 162 Å². The predicted octanol–water partition coefficient (Wildman–Crippen LogP) is 0.453. The predicted molar refractivity (Wildman–Crippen MR) is 96.9 cm³/mol. The first-order valence-corrected chi connectivity index (χ1v) is 9.25. The second kappa shape index (κ2) is 9.53. The minimum absolute atomic E-state index is 0.170. The zero-order valence-electron chi connectivity index (χ0n) is 15.9.